The zero-order chi connectivity index (χ0) is 22.0. The predicted molar refractivity (Wildman–Crippen MR) is 110 cm³/mol. The number of anilines is 1. The first-order valence-electron chi connectivity index (χ1n) is 9.50. The first-order valence-corrected chi connectivity index (χ1v) is 9.50. The van der Waals surface area contributed by atoms with E-state index in [0.29, 0.717) is 29.4 Å². The average molecular weight is 412 g/mol. The van der Waals surface area contributed by atoms with Crippen LogP contribution in [0.1, 0.15) is 45.7 Å². The smallest absolute Gasteiger partial charge is 0.305 e. The van der Waals surface area contributed by atoms with Gasteiger partial charge in [-0.15, -0.1) is 0 Å². The summed E-state index contributed by atoms with van der Waals surface area (Å²) >= 11 is 0. The third-order valence-electron chi connectivity index (χ3n) is 4.96. The third-order valence-corrected chi connectivity index (χ3v) is 4.96. The summed E-state index contributed by atoms with van der Waals surface area (Å²) in [4.78, 5) is 40.8. The van der Waals surface area contributed by atoms with Crippen molar-refractivity contribution in [2.75, 3.05) is 32.7 Å². The topological polar surface area (TPSA) is 96.4 Å². The molecule has 1 N–H and O–H groups in total. The number of ether oxygens (including phenoxy) is 2. The second-order valence-corrected chi connectivity index (χ2v) is 7.03. The van der Waals surface area contributed by atoms with Crippen LogP contribution in [0.15, 0.2) is 36.4 Å². The van der Waals surface area contributed by atoms with Crippen LogP contribution in [0.5, 0.6) is 11.5 Å². The van der Waals surface area contributed by atoms with E-state index in [1.165, 1.54) is 7.11 Å². The molecular formula is C22H24N2O6. The van der Waals surface area contributed by atoms with Gasteiger partial charge in [0, 0.05) is 19.8 Å². The van der Waals surface area contributed by atoms with Crippen LogP contribution in [0.25, 0.3) is 0 Å². The highest BCUT2D eigenvalue weighted by Crippen LogP contribution is 2.39. The van der Waals surface area contributed by atoms with Gasteiger partial charge in [-0.1, -0.05) is 12.1 Å². The number of rotatable bonds is 8. The fourth-order valence-corrected chi connectivity index (χ4v) is 3.63. The Morgan fingerprint density at radius 2 is 1.87 bits per heavy atom. The van der Waals surface area contributed by atoms with E-state index >= 15 is 0 Å². The summed E-state index contributed by atoms with van der Waals surface area (Å²) in [5.74, 6) is -1.26. The van der Waals surface area contributed by atoms with Crippen molar-refractivity contribution in [1.29, 1.82) is 0 Å². The number of imide groups is 1. The minimum absolute atomic E-state index is 0.264. The lowest BCUT2D eigenvalue weighted by atomic mass is 10.0. The molecule has 0 aromatic heterocycles. The van der Waals surface area contributed by atoms with Crippen molar-refractivity contribution in [3.05, 3.63) is 53.1 Å². The van der Waals surface area contributed by atoms with Crippen molar-refractivity contribution < 1.29 is 29.0 Å². The normalized spacial score (nSPS) is 13.8. The number of carbonyl (C=O) groups is 3. The lowest BCUT2D eigenvalue weighted by Gasteiger charge is -2.26. The average Bonchev–Trinajstić information content (AvgIpc) is 2.96. The highest BCUT2D eigenvalue weighted by molar-refractivity contribution is 6.24. The minimum atomic E-state index is -1.13. The van der Waals surface area contributed by atoms with E-state index in [1.807, 2.05) is 6.92 Å². The van der Waals surface area contributed by atoms with Crippen LogP contribution in [0, 0.1) is 0 Å². The number of hydrogen-bond donors (Lipinski definition) is 1. The van der Waals surface area contributed by atoms with E-state index in [2.05, 4.69) is 0 Å². The summed E-state index contributed by atoms with van der Waals surface area (Å²) in [6.45, 7) is 2.19. The summed E-state index contributed by atoms with van der Waals surface area (Å²) in [6.07, 6.45) is -0.430. The Kier molecular flexibility index (Phi) is 5.96. The fourth-order valence-electron chi connectivity index (χ4n) is 3.63. The molecule has 3 rings (SSSR count). The molecule has 1 aliphatic rings. The quantitative estimate of drug-likeness (QED) is 0.666. The molecule has 1 atom stereocenters. The Labute approximate surface area is 174 Å². The van der Waals surface area contributed by atoms with E-state index in [1.54, 1.807) is 55.4 Å². The third kappa shape index (κ3) is 3.68. The number of fused-ring (bicyclic) bond motifs is 1. The number of methoxy groups -OCH3 is 1. The molecule has 2 aromatic carbocycles. The van der Waals surface area contributed by atoms with Gasteiger partial charge in [-0.05, 0) is 36.8 Å². The van der Waals surface area contributed by atoms with Crippen molar-refractivity contribution in [1.82, 2.24) is 4.90 Å². The maximum absolute atomic E-state index is 13.3. The van der Waals surface area contributed by atoms with E-state index in [4.69, 9.17) is 9.47 Å². The summed E-state index contributed by atoms with van der Waals surface area (Å²) < 4.78 is 10.9. The zero-order valence-corrected chi connectivity index (χ0v) is 17.3. The highest BCUT2D eigenvalue weighted by Gasteiger charge is 2.43. The van der Waals surface area contributed by atoms with Gasteiger partial charge < -0.3 is 19.5 Å². The van der Waals surface area contributed by atoms with Crippen molar-refractivity contribution >= 4 is 23.5 Å². The zero-order valence-electron chi connectivity index (χ0n) is 17.3. The van der Waals surface area contributed by atoms with Gasteiger partial charge in [-0.2, -0.15) is 0 Å². The Morgan fingerprint density at radius 1 is 1.13 bits per heavy atom. The van der Waals surface area contributed by atoms with E-state index < -0.39 is 30.2 Å². The Bertz CT molecular complexity index is 1000. The standard InChI is InChI=1S/C22H24N2O6/c1-5-30-18-11-13(9-10-17(18)29-4)16(12-19(25)26)24-21(27)14-7-6-8-15(23(2)3)20(14)22(24)28/h6-11,16H,5,12H2,1-4H3,(H,25,26). The van der Waals surface area contributed by atoms with Crippen molar-refractivity contribution in [2.24, 2.45) is 0 Å². The largest absolute Gasteiger partial charge is 0.493 e. The molecule has 2 aromatic rings. The van der Waals surface area contributed by atoms with Crippen LogP contribution in [0.4, 0.5) is 5.69 Å². The number of carboxylic acid groups (broad SMARTS) is 1. The van der Waals surface area contributed by atoms with Crippen LogP contribution in [0.3, 0.4) is 0 Å². The summed E-state index contributed by atoms with van der Waals surface area (Å²) in [7, 11) is 5.06. The fraction of sp³-hybridized carbons (Fsp3) is 0.318. The number of benzene rings is 2. The van der Waals surface area contributed by atoms with Gasteiger partial charge >= 0.3 is 5.97 Å². The van der Waals surface area contributed by atoms with Gasteiger partial charge in [0.05, 0.1) is 37.3 Å². The van der Waals surface area contributed by atoms with Crippen molar-refractivity contribution in [3.63, 3.8) is 0 Å². The summed E-state index contributed by atoms with van der Waals surface area (Å²) in [5, 5.41) is 9.50. The predicted octanol–water partition coefficient (Wildman–Crippen LogP) is 2.97. The minimum Gasteiger partial charge on any atom is -0.493 e. The second-order valence-electron chi connectivity index (χ2n) is 7.03. The monoisotopic (exact) mass is 412 g/mol. The van der Waals surface area contributed by atoms with Gasteiger partial charge in [-0.25, -0.2) is 0 Å². The molecule has 0 radical (unpaired) electrons. The Balaban J connectivity index is 2.11. The number of nitrogens with zero attached hydrogens (tertiary/aromatic N) is 2. The first-order chi connectivity index (χ1) is 14.3. The van der Waals surface area contributed by atoms with E-state index in [0.717, 1.165) is 4.90 Å². The van der Waals surface area contributed by atoms with Gasteiger partial charge in [0.1, 0.15) is 0 Å². The lowest BCUT2D eigenvalue weighted by Crippen LogP contribution is -2.35. The maximum Gasteiger partial charge on any atom is 0.305 e. The second kappa shape index (κ2) is 8.44. The molecule has 158 valence electrons. The molecular weight excluding hydrogens is 388 g/mol. The van der Waals surface area contributed by atoms with Gasteiger partial charge in [-0.3, -0.25) is 19.3 Å². The van der Waals surface area contributed by atoms with Crippen LogP contribution in [0.2, 0.25) is 0 Å². The van der Waals surface area contributed by atoms with Gasteiger partial charge in [0.2, 0.25) is 0 Å². The molecule has 0 fully saturated rings. The molecule has 1 aliphatic heterocycles. The summed E-state index contributed by atoms with van der Waals surface area (Å²) in [6, 6.07) is 8.95. The molecule has 8 nitrogen and oxygen atoms in total. The molecule has 1 unspecified atom stereocenters. The molecule has 1 heterocycles. The van der Waals surface area contributed by atoms with Crippen LogP contribution < -0.4 is 14.4 Å². The number of carbonyl (C=O) groups excluding carboxylic acids is 2. The van der Waals surface area contributed by atoms with Gasteiger partial charge in [0.25, 0.3) is 11.8 Å². The van der Waals surface area contributed by atoms with E-state index in [-0.39, 0.29) is 11.1 Å². The number of aliphatic carboxylic acids is 1. The maximum atomic E-state index is 13.3. The lowest BCUT2D eigenvalue weighted by molar-refractivity contribution is -0.138. The van der Waals surface area contributed by atoms with Crippen molar-refractivity contribution in [3.8, 4) is 11.5 Å². The Hall–Kier alpha value is -3.55. The molecule has 0 saturated carbocycles. The molecule has 0 saturated heterocycles. The SMILES string of the molecule is CCOc1cc(C(CC(=O)O)N2C(=O)c3cccc(N(C)C)c3C2=O)ccc1OC. The number of carboxylic acids is 1. The molecule has 0 bridgehead atoms. The first kappa shape index (κ1) is 21.2. The molecule has 0 aliphatic carbocycles. The van der Waals surface area contributed by atoms with E-state index in [9.17, 15) is 19.5 Å². The molecule has 2 amide bonds. The van der Waals surface area contributed by atoms with Crippen LogP contribution in [-0.2, 0) is 4.79 Å². The number of amides is 2. The number of hydrogen-bond acceptors (Lipinski definition) is 6. The van der Waals surface area contributed by atoms with Crippen LogP contribution >= 0.6 is 0 Å². The van der Waals surface area contributed by atoms with Gasteiger partial charge in [0.15, 0.2) is 11.5 Å². The van der Waals surface area contributed by atoms with Crippen molar-refractivity contribution in [2.45, 2.75) is 19.4 Å². The molecule has 0 spiro atoms. The molecule has 8 heteroatoms. The highest BCUT2D eigenvalue weighted by atomic mass is 16.5. The summed E-state index contributed by atoms with van der Waals surface area (Å²) in [5.41, 5.74) is 1.62. The van der Waals surface area contributed by atoms with Crippen LogP contribution in [-0.4, -0.2) is 55.6 Å². The molecule has 30 heavy (non-hydrogen) atoms. The Morgan fingerprint density at radius 3 is 2.47 bits per heavy atom.